The van der Waals surface area contributed by atoms with Crippen molar-refractivity contribution in [2.75, 3.05) is 12.8 Å². The van der Waals surface area contributed by atoms with Gasteiger partial charge in [-0.1, -0.05) is 12.1 Å². The summed E-state index contributed by atoms with van der Waals surface area (Å²) in [6, 6.07) is 6.73. The fourth-order valence-electron chi connectivity index (χ4n) is 1.81. The number of carbonyl (C=O) groups excluding carboxylic acids is 1. The SMILES string of the molecule is COC(=O)c1cnc(-c2ccccc2OC(F)(F)F)c(N)c1. The molecule has 0 aliphatic carbocycles. The van der Waals surface area contributed by atoms with Crippen LogP contribution in [0.5, 0.6) is 5.75 Å². The molecule has 2 rings (SSSR count). The van der Waals surface area contributed by atoms with Crippen LogP contribution in [0.25, 0.3) is 11.3 Å². The summed E-state index contributed by atoms with van der Waals surface area (Å²) in [5, 5.41) is 0. The molecule has 0 fully saturated rings. The van der Waals surface area contributed by atoms with Gasteiger partial charge in [0.2, 0.25) is 0 Å². The van der Waals surface area contributed by atoms with Crippen LogP contribution in [0, 0.1) is 0 Å². The first-order valence-corrected chi connectivity index (χ1v) is 6.01. The zero-order valence-corrected chi connectivity index (χ0v) is 11.3. The number of ether oxygens (including phenoxy) is 2. The largest absolute Gasteiger partial charge is 0.573 e. The van der Waals surface area contributed by atoms with Crippen LogP contribution in [0.2, 0.25) is 0 Å². The van der Waals surface area contributed by atoms with Crippen LogP contribution in [-0.2, 0) is 4.74 Å². The van der Waals surface area contributed by atoms with Crippen LogP contribution in [0.1, 0.15) is 10.4 Å². The number of hydrogen-bond donors (Lipinski definition) is 1. The van der Waals surface area contributed by atoms with Crippen LogP contribution >= 0.6 is 0 Å². The van der Waals surface area contributed by atoms with E-state index >= 15 is 0 Å². The van der Waals surface area contributed by atoms with E-state index in [2.05, 4.69) is 14.5 Å². The second kappa shape index (κ2) is 5.92. The molecule has 1 aromatic heterocycles. The summed E-state index contributed by atoms with van der Waals surface area (Å²) in [4.78, 5) is 15.3. The molecule has 2 N–H and O–H groups in total. The summed E-state index contributed by atoms with van der Waals surface area (Å²) >= 11 is 0. The Labute approximate surface area is 123 Å². The first kappa shape index (κ1) is 15.6. The number of alkyl halides is 3. The molecule has 0 aliphatic rings. The van der Waals surface area contributed by atoms with Crippen molar-refractivity contribution in [3.8, 4) is 17.0 Å². The molecule has 2 aromatic rings. The molecule has 0 amide bonds. The summed E-state index contributed by atoms with van der Waals surface area (Å²) in [6.45, 7) is 0. The van der Waals surface area contributed by atoms with E-state index in [-0.39, 0.29) is 22.5 Å². The summed E-state index contributed by atoms with van der Waals surface area (Å²) in [7, 11) is 1.19. The van der Waals surface area contributed by atoms with Gasteiger partial charge in [-0.25, -0.2) is 4.79 Å². The fraction of sp³-hybridized carbons (Fsp3) is 0.143. The number of halogens is 3. The van der Waals surface area contributed by atoms with Crippen LogP contribution < -0.4 is 10.5 Å². The van der Waals surface area contributed by atoms with E-state index in [0.29, 0.717) is 0 Å². The number of rotatable bonds is 3. The third kappa shape index (κ3) is 3.46. The van der Waals surface area contributed by atoms with E-state index in [0.717, 1.165) is 6.07 Å². The topological polar surface area (TPSA) is 74.4 Å². The van der Waals surface area contributed by atoms with Crippen molar-refractivity contribution in [2.24, 2.45) is 0 Å². The van der Waals surface area contributed by atoms with Crippen molar-refractivity contribution in [1.82, 2.24) is 4.98 Å². The molecule has 0 aliphatic heterocycles. The number of carbonyl (C=O) groups is 1. The quantitative estimate of drug-likeness (QED) is 0.882. The lowest BCUT2D eigenvalue weighted by Crippen LogP contribution is -2.17. The second-order valence-corrected chi connectivity index (χ2v) is 4.20. The summed E-state index contributed by atoms with van der Waals surface area (Å²) < 4.78 is 45.7. The van der Waals surface area contributed by atoms with Gasteiger partial charge in [0.25, 0.3) is 0 Å². The van der Waals surface area contributed by atoms with E-state index in [1.807, 2.05) is 0 Å². The van der Waals surface area contributed by atoms with Gasteiger partial charge in [0.15, 0.2) is 0 Å². The van der Waals surface area contributed by atoms with Gasteiger partial charge >= 0.3 is 12.3 Å². The normalized spacial score (nSPS) is 11.1. The smallest absolute Gasteiger partial charge is 0.465 e. The number of methoxy groups -OCH3 is 1. The standard InChI is InChI=1S/C14H11F3N2O3/c1-21-13(20)8-6-10(18)12(19-7-8)9-4-2-3-5-11(9)22-14(15,16)17/h2-7H,18H2,1H3. The van der Waals surface area contributed by atoms with Crippen molar-refractivity contribution in [1.29, 1.82) is 0 Å². The number of para-hydroxylation sites is 1. The highest BCUT2D eigenvalue weighted by Gasteiger charge is 2.32. The monoisotopic (exact) mass is 312 g/mol. The number of nitrogens with zero attached hydrogens (tertiary/aromatic N) is 1. The minimum absolute atomic E-state index is 0.0288. The predicted octanol–water partition coefficient (Wildman–Crippen LogP) is 3.02. The maximum Gasteiger partial charge on any atom is 0.573 e. The predicted molar refractivity (Wildman–Crippen MR) is 72.1 cm³/mol. The first-order chi connectivity index (χ1) is 10.3. The van der Waals surface area contributed by atoms with Gasteiger partial charge in [0.05, 0.1) is 24.1 Å². The van der Waals surface area contributed by atoms with Crippen LogP contribution in [0.15, 0.2) is 36.5 Å². The average molecular weight is 312 g/mol. The molecule has 0 saturated heterocycles. The number of esters is 1. The third-order valence-corrected chi connectivity index (χ3v) is 2.71. The van der Waals surface area contributed by atoms with Gasteiger partial charge in [-0.05, 0) is 18.2 Å². The number of anilines is 1. The molecular weight excluding hydrogens is 301 g/mol. The number of nitrogens with two attached hydrogens (primary N) is 1. The Morgan fingerprint density at radius 2 is 1.95 bits per heavy atom. The molecule has 1 heterocycles. The maximum absolute atomic E-state index is 12.4. The van der Waals surface area contributed by atoms with E-state index in [9.17, 15) is 18.0 Å². The Kier molecular flexibility index (Phi) is 4.20. The highest BCUT2D eigenvalue weighted by molar-refractivity contribution is 5.91. The Balaban J connectivity index is 2.47. The van der Waals surface area contributed by atoms with E-state index in [1.54, 1.807) is 0 Å². The third-order valence-electron chi connectivity index (χ3n) is 2.71. The lowest BCUT2D eigenvalue weighted by Gasteiger charge is -2.14. The van der Waals surface area contributed by atoms with E-state index in [1.165, 1.54) is 37.6 Å². The number of nitrogen functional groups attached to an aromatic ring is 1. The van der Waals surface area contributed by atoms with Crippen molar-refractivity contribution in [3.05, 3.63) is 42.1 Å². The zero-order chi connectivity index (χ0) is 16.3. The van der Waals surface area contributed by atoms with E-state index < -0.39 is 18.1 Å². The highest BCUT2D eigenvalue weighted by Crippen LogP contribution is 2.35. The molecular formula is C14H11F3N2O3. The summed E-state index contributed by atoms with van der Waals surface area (Å²) in [6.07, 6.45) is -3.67. The van der Waals surface area contributed by atoms with Crippen molar-refractivity contribution in [2.45, 2.75) is 6.36 Å². The Morgan fingerprint density at radius 1 is 1.27 bits per heavy atom. The molecule has 22 heavy (non-hydrogen) atoms. The van der Waals surface area contributed by atoms with Crippen LogP contribution in [0.3, 0.4) is 0 Å². The molecule has 0 bridgehead atoms. The highest BCUT2D eigenvalue weighted by atomic mass is 19.4. The Bertz CT molecular complexity index is 702. The lowest BCUT2D eigenvalue weighted by atomic mass is 10.1. The number of benzene rings is 1. The van der Waals surface area contributed by atoms with Crippen molar-refractivity contribution >= 4 is 11.7 Å². The van der Waals surface area contributed by atoms with Gasteiger partial charge in [-0.15, -0.1) is 13.2 Å². The lowest BCUT2D eigenvalue weighted by molar-refractivity contribution is -0.274. The van der Waals surface area contributed by atoms with Gasteiger partial charge in [-0.2, -0.15) is 0 Å². The van der Waals surface area contributed by atoms with Gasteiger partial charge < -0.3 is 15.2 Å². The first-order valence-electron chi connectivity index (χ1n) is 6.01. The van der Waals surface area contributed by atoms with E-state index in [4.69, 9.17) is 5.73 Å². The van der Waals surface area contributed by atoms with Gasteiger partial charge in [0, 0.05) is 11.8 Å². The maximum atomic E-state index is 12.4. The van der Waals surface area contributed by atoms with Crippen LogP contribution in [0.4, 0.5) is 18.9 Å². The molecule has 0 spiro atoms. The molecule has 116 valence electrons. The van der Waals surface area contributed by atoms with Crippen molar-refractivity contribution < 1.29 is 27.4 Å². The second-order valence-electron chi connectivity index (χ2n) is 4.20. The van der Waals surface area contributed by atoms with Gasteiger partial charge in [-0.3, -0.25) is 4.98 Å². The van der Waals surface area contributed by atoms with Crippen molar-refractivity contribution in [3.63, 3.8) is 0 Å². The number of aromatic nitrogens is 1. The minimum Gasteiger partial charge on any atom is -0.465 e. The Morgan fingerprint density at radius 3 is 2.55 bits per heavy atom. The van der Waals surface area contributed by atoms with Gasteiger partial charge in [0.1, 0.15) is 5.75 Å². The summed E-state index contributed by atoms with van der Waals surface area (Å²) in [5.74, 6) is -1.08. The molecule has 5 nitrogen and oxygen atoms in total. The Hall–Kier alpha value is -2.77. The molecule has 0 atom stereocenters. The molecule has 8 heteroatoms. The molecule has 0 radical (unpaired) electrons. The number of hydrogen-bond acceptors (Lipinski definition) is 5. The zero-order valence-electron chi connectivity index (χ0n) is 11.3. The number of pyridine rings is 1. The molecule has 1 aromatic carbocycles. The molecule has 0 unspecified atom stereocenters. The van der Waals surface area contributed by atoms with Crippen LogP contribution in [-0.4, -0.2) is 24.4 Å². The molecule has 0 saturated carbocycles. The average Bonchev–Trinajstić information content (AvgIpc) is 2.45. The summed E-state index contributed by atoms with van der Waals surface area (Å²) in [5.41, 5.74) is 6.04. The minimum atomic E-state index is -4.84. The fourth-order valence-corrected chi connectivity index (χ4v) is 1.81.